The van der Waals surface area contributed by atoms with Crippen LogP contribution in [0.15, 0.2) is 12.1 Å². The topological polar surface area (TPSA) is 79.3 Å². The summed E-state index contributed by atoms with van der Waals surface area (Å²) < 4.78 is 0. The average molecular weight is 263 g/mol. The summed E-state index contributed by atoms with van der Waals surface area (Å²) in [5.74, 6) is -1.69. The zero-order chi connectivity index (χ0) is 12.3. The van der Waals surface area contributed by atoms with Gasteiger partial charge in [0.1, 0.15) is 16.3 Å². The molecule has 0 bridgehead atoms. The lowest BCUT2D eigenvalue weighted by Crippen LogP contribution is -2.38. The van der Waals surface area contributed by atoms with E-state index in [2.05, 4.69) is 10.3 Å². The van der Waals surface area contributed by atoms with Gasteiger partial charge in [-0.3, -0.25) is 9.59 Å². The van der Waals surface area contributed by atoms with Gasteiger partial charge in [-0.15, -0.1) is 0 Å². The molecule has 1 aromatic rings. The van der Waals surface area contributed by atoms with Crippen LogP contribution in [0, 0.1) is 0 Å². The van der Waals surface area contributed by atoms with E-state index in [0.717, 1.165) is 0 Å². The first-order valence-electron chi connectivity index (χ1n) is 4.27. The van der Waals surface area contributed by atoms with E-state index in [-0.39, 0.29) is 15.9 Å². The molecule has 0 aliphatic rings. The maximum absolute atomic E-state index is 11.5. The highest BCUT2D eigenvalue weighted by Crippen LogP contribution is 2.14. The lowest BCUT2D eigenvalue weighted by atomic mass is 10.2. The van der Waals surface area contributed by atoms with Gasteiger partial charge in [0, 0.05) is 5.56 Å². The Morgan fingerprint density at radius 1 is 1.38 bits per heavy atom. The maximum atomic E-state index is 11.5. The van der Waals surface area contributed by atoms with E-state index in [0.29, 0.717) is 0 Å². The van der Waals surface area contributed by atoms with Crippen LogP contribution in [0.4, 0.5) is 0 Å². The Morgan fingerprint density at radius 2 is 1.88 bits per heavy atom. The molecule has 2 N–H and O–H groups in total. The standard InChI is InChI=1S/C9H8Cl2N2O3/c1-4(9(15)16)12-8(14)5-2-6(10)13-7(11)3-5/h2-4H,1H3,(H,12,14)(H,15,16). The number of carboxylic acids is 1. The number of carbonyl (C=O) groups is 2. The van der Waals surface area contributed by atoms with Crippen LogP contribution in [-0.2, 0) is 4.79 Å². The van der Waals surface area contributed by atoms with Gasteiger partial charge in [0.15, 0.2) is 0 Å². The SMILES string of the molecule is CC(NC(=O)c1cc(Cl)nc(Cl)c1)C(=O)O. The molecule has 1 atom stereocenters. The summed E-state index contributed by atoms with van der Waals surface area (Å²) in [6, 6.07) is 1.62. The summed E-state index contributed by atoms with van der Waals surface area (Å²) >= 11 is 11.2. The van der Waals surface area contributed by atoms with Gasteiger partial charge in [-0.2, -0.15) is 0 Å². The summed E-state index contributed by atoms with van der Waals surface area (Å²) in [5.41, 5.74) is 0.165. The lowest BCUT2D eigenvalue weighted by Gasteiger charge is -2.09. The van der Waals surface area contributed by atoms with Crippen molar-refractivity contribution in [3.05, 3.63) is 28.0 Å². The first-order valence-corrected chi connectivity index (χ1v) is 5.02. The van der Waals surface area contributed by atoms with Crippen molar-refractivity contribution >= 4 is 35.1 Å². The van der Waals surface area contributed by atoms with Gasteiger partial charge in [-0.25, -0.2) is 4.98 Å². The van der Waals surface area contributed by atoms with Crippen molar-refractivity contribution < 1.29 is 14.7 Å². The van der Waals surface area contributed by atoms with Gasteiger partial charge in [0.2, 0.25) is 0 Å². The number of halogens is 2. The minimum absolute atomic E-state index is 0.0700. The number of nitrogens with one attached hydrogen (secondary N) is 1. The number of hydrogen-bond donors (Lipinski definition) is 2. The third kappa shape index (κ3) is 3.36. The second kappa shape index (κ2) is 5.14. The van der Waals surface area contributed by atoms with Crippen LogP contribution in [0.1, 0.15) is 17.3 Å². The number of aromatic nitrogens is 1. The predicted octanol–water partition coefficient (Wildman–Crippen LogP) is 1.59. The monoisotopic (exact) mass is 262 g/mol. The third-order valence-corrected chi connectivity index (χ3v) is 2.13. The Balaban J connectivity index is 2.84. The van der Waals surface area contributed by atoms with Gasteiger partial charge >= 0.3 is 5.97 Å². The van der Waals surface area contributed by atoms with E-state index in [1.54, 1.807) is 0 Å². The van der Waals surface area contributed by atoms with Crippen LogP contribution in [-0.4, -0.2) is 28.0 Å². The molecule has 0 fully saturated rings. The van der Waals surface area contributed by atoms with E-state index >= 15 is 0 Å². The first-order chi connectivity index (χ1) is 7.40. The molecular weight excluding hydrogens is 255 g/mol. The van der Waals surface area contributed by atoms with Gasteiger partial charge in [-0.1, -0.05) is 23.2 Å². The van der Waals surface area contributed by atoms with Crippen LogP contribution >= 0.6 is 23.2 Å². The van der Waals surface area contributed by atoms with Crippen LogP contribution < -0.4 is 5.32 Å². The van der Waals surface area contributed by atoms with Crippen molar-refractivity contribution in [2.24, 2.45) is 0 Å². The highest BCUT2D eigenvalue weighted by Gasteiger charge is 2.16. The summed E-state index contributed by atoms with van der Waals surface area (Å²) in [6.07, 6.45) is 0. The van der Waals surface area contributed by atoms with E-state index in [1.165, 1.54) is 19.1 Å². The summed E-state index contributed by atoms with van der Waals surface area (Å²) in [6.45, 7) is 1.35. The Labute approximate surface area is 101 Å². The molecule has 7 heteroatoms. The Kier molecular flexibility index (Phi) is 4.09. The molecule has 0 aliphatic heterocycles. The summed E-state index contributed by atoms with van der Waals surface area (Å²) in [4.78, 5) is 25.7. The Hall–Kier alpha value is -1.33. The molecule has 86 valence electrons. The highest BCUT2D eigenvalue weighted by atomic mass is 35.5. The van der Waals surface area contributed by atoms with E-state index in [1.807, 2.05) is 0 Å². The molecule has 0 spiro atoms. The van der Waals surface area contributed by atoms with Crippen LogP contribution in [0.5, 0.6) is 0 Å². The molecular formula is C9H8Cl2N2O3. The van der Waals surface area contributed by atoms with E-state index in [9.17, 15) is 9.59 Å². The molecule has 1 heterocycles. The second-order valence-corrected chi connectivity index (χ2v) is 3.81. The number of nitrogens with zero attached hydrogens (tertiary/aromatic N) is 1. The van der Waals surface area contributed by atoms with Crippen molar-refractivity contribution in [1.82, 2.24) is 10.3 Å². The van der Waals surface area contributed by atoms with Crippen molar-refractivity contribution in [2.45, 2.75) is 13.0 Å². The molecule has 0 saturated heterocycles. The van der Waals surface area contributed by atoms with Crippen LogP contribution in [0.3, 0.4) is 0 Å². The Bertz CT molecular complexity index is 417. The fourth-order valence-electron chi connectivity index (χ4n) is 0.938. The molecule has 1 rings (SSSR count). The third-order valence-electron chi connectivity index (χ3n) is 1.74. The van der Waals surface area contributed by atoms with E-state index < -0.39 is 17.9 Å². The van der Waals surface area contributed by atoms with Crippen molar-refractivity contribution in [3.63, 3.8) is 0 Å². The molecule has 5 nitrogen and oxygen atoms in total. The van der Waals surface area contributed by atoms with Crippen LogP contribution in [0.25, 0.3) is 0 Å². The summed E-state index contributed by atoms with van der Waals surface area (Å²) in [5, 5.41) is 11.0. The first kappa shape index (κ1) is 12.7. The van der Waals surface area contributed by atoms with Gasteiger partial charge < -0.3 is 10.4 Å². The summed E-state index contributed by atoms with van der Waals surface area (Å²) in [7, 11) is 0. The molecule has 0 aliphatic carbocycles. The molecule has 0 aromatic carbocycles. The molecule has 1 unspecified atom stereocenters. The normalized spacial score (nSPS) is 11.9. The number of amides is 1. The fraction of sp³-hybridized carbons (Fsp3) is 0.222. The number of carboxylic acid groups (broad SMARTS) is 1. The lowest BCUT2D eigenvalue weighted by molar-refractivity contribution is -0.138. The number of hydrogen-bond acceptors (Lipinski definition) is 3. The van der Waals surface area contributed by atoms with E-state index in [4.69, 9.17) is 28.3 Å². The Morgan fingerprint density at radius 3 is 2.31 bits per heavy atom. The minimum Gasteiger partial charge on any atom is -0.480 e. The number of carbonyl (C=O) groups excluding carboxylic acids is 1. The molecule has 0 radical (unpaired) electrons. The van der Waals surface area contributed by atoms with Crippen molar-refractivity contribution in [3.8, 4) is 0 Å². The minimum atomic E-state index is -1.13. The van der Waals surface area contributed by atoms with Gasteiger partial charge in [0.25, 0.3) is 5.91 Å². The second-order valence-electron chi connectivity index (χ2n) is 3.03. The van der Waals surface area contributed by atoms with Crippen LogP contribution in [0.2, 0.25) is 10.3 Å². The zero-order valence-electron chi connectivity index (χ0n) is 8.20. The van der Waals surface area contributed by atoms with Crippen molar-refractivity contribution in [1.29, 1.82) is 0 Å². The smallest absolute Gasteiger partial charge is 0.325 e. The molecule has 1 amide bonds. The maximum Gasteiger partial charge on any atom is 0.325 e. The predicted molar refractivity (Wildman–Crippen MR) is 58.8 cm³/mol. The van der Waals surface area contributed by atoms with Gasteiger partial charge in [-0.05, 0) is 19.1 Å². The van der Waals surface area contributed by atoms with Crippen molar-refractivity contribution in [2.75, 3.05) is 0 Å². The highest BCUT2D eigenvalue weighted by molar-refractivity contribution is 6.33. The largest absolute Gasteiger partial charge is 0.480 e. The molecule has 16 heavy (non-hydrogen) atoms. The number of pyridine rings is 1. The zero-order valence-corrected chi connectivity index (χ0v) is 9.71. The molecule has 0 saturated carbocycles. The average Bonchev–Trinajstić information content (AvgIpc) is 2.15. The number of rotatable bonds is 3. The molecule has 1 aromatic heterocycles. The fourth-order valence-corrected chi connectivity index (χ4v) is 1.40. The number of aliphatic carboxylic acids is 1. The van der Waals surface area contributed by atoms with Gasteiger partial charge in [0.05, 0.1) is 0 Å². The quantitative estimate of drug-likeness (QED) is 0.811.